The van der Waals surface area contributed by atoms with E-state index in [0.29, 0.717) is 22.9 Å². The fraction of sp³-hybridized carbons (Fsp3) is 0.211. The molecule has 0 unspecified atom stereocenters. The Morgan fingerprint density at radius 2 is 1.82 bits per heavy atom. The summed E-state index contributed by atoms with van der Waals surface area (Å²) in [7, 11) is -3.90. The number of rotatable bonds is 5. The van der Waals surface area contributed by atoms with E-state index in [2.05, 4.69) is 36.4 Å². The zero-order chi connectivity index (χ0) is 20.5. The lowest BCUT2D eigenvalue weighted by atomic mass is 10.1. The maximum Gasteiger partial charge on any atom is 0.245 e. The molecular weight excluding hydrogens is 444 g/mol. The summed E-state index contributed by atoms with van der Waals surface area (Å²) in [4.78, 5) is 17.2. The Morgan fingerprint density at radius 1 is 1.14 bits per heavy atom. The molecule has 0 radical (unpaired) electrons. The summed E-state index contributed by atoms with van der Waals surface area (Å²) in [6.45, 7) is 4.57. The van der Waals surface area contributed by atoms with Crippen LogP contribution in [0.5, 0.6) is 0 Å². The van der Waals surface area contributed by atoms with Gasteiger partial charge in [0.1, 0.15) is 10.6 Å². The summed E-state index contributed by atoms with van der Waals surface area (Å²) in [5.74, 6) is 0.542. The number of benzene rings is 2. The van der Waals surface area contributed by atoms with Crippen molar-refractivity contribution in [2.75, 3.05) is 5.32 Å². The first-order chi connectivity index (χ1) is 13.1. The smallest absolute Gasteiger partial charge is 0.245 e. The van der Waals surface area contributed by atoms with E-state index >= 15 is 0 Å². The first-order valence-corrected chi connectivity index (χ1v) is 10.7. The van der Waals surface area contributed by atoms with Gasteiger partial charge in [-0.1, -0.05) is 28.1 Å². The summed E-state index contributed by atoms with van der Waals surface area (Å²) in [6.07, 6.45) is 0. The van der Waals surface area contributed by atoms with Crippen molar-refractivity contribution in [2.24, 2.45) is 0 Å². The second-order valence-electron chi connectivity index (χ2n) is 6.75. The van der Waals surface area contributed by atoms with E-state index in [-0.39, 0.29) is 4.90 Å². The van der Waals surface area contributed by atoms with Gasteiger partial charge in [0.25, 0.3) is 0 Å². The van der Waals surface area contributed by atoms with E-state index in [1.807, 2.05) is 6.07 Å². The Bertz CT molecular complexity index is 1120. The number of halogens is 1. The number of amides is 1. The second kappa shape index (κ2) is 7.48. The van der Waals surface area contributed by atoms with Crippen LogP contribution < -0.4 is 5.32 Å². The Hall–Kier alpha value is -2.52. The van der Waals surface area contributed by atoms with Crippen LogP contribution in [0.4, 0.5) is 5.69 Å². The molecule has 3 rings (SSSR count). The number of hydrogen-bond acceptors (Lipinski definition) is 5. The number of aromatic nitrogens is 3. The van der Waals surface area contributed by atoms with Crippen molar-refractivity contribution in [3.8, 4) is 11.4 Å². The Kier molecular flexibility index (Phi) is 5.40. The topological polar surface area (TPSA) is 105 Å². The summed E-state index contributed by atoms with van der Waals surface area (Å²) >= 11 is 3.28. The van der Waals surface area contributed by atoms with Crippen molar-refractivity contribution in [1.82, 2.24) is 15.2 Å². The third-order valence-electron chi connectivity index (χ3n) is 4.32. The van der Waals surface area contributed by atoms with Crippen LogP contribution in [0.1, 0.15) is 19.7 Å². The number of H-pyrrole nitrogens is 1. The monoisotopic (exact) mass is 462 g/mol. The predicted octanol–water partition coefficient (Wildman–Crippen LogP) is 3.73. The van der Waals surface area contributed by atoms with Crippen molar-refractivity contribution >= 4 is 37.4 Å². The van der Waals surface area contributed by atoms with Gasteiger partial charge in [0.05, 0.1) is 4.90 Å². The molecule has 28 heavy (non-hydrogen) atoms. The molecule has 1 amide bonds. The molecule has 2 aromatic carbocycles. The standard InChI is InChI=1S/C19H19BrN4O3S/c1-12-21-17(24-23-12)13-5-4-6-15(11-13)22-18(25)19(2,3)28(26,27)16-9-7-14(20)8-10-16/h4-11H,1-3H3,(H,22,25)(H,21,23,24). The molecule has 9 heteroatoms. The molecule has 0 atom stereocenters. The molecule has 0 saturated carbocycles. The van der Waals surface area contributed by atoms with Gasteiger partial charge in [0.2, 0.25) is 5.91 Å². The number of hydrogen-bond donors (Lipinski definition) is 2. The SMILES string of the molecule is Cc1nc(-c2cccc(NC(=O)C(C)(C)S(=O)(=O)c3ccc(Br)cc3)c2)n[nH]1. The number of anilines is 1. The number of aryl methyl sites for hydroxylation is 1. The Labute approximate surface area is 171 Å². The lowest BCUT2D eigenvalue weighted by molar-refractivity contribution is -0.117. The quantitative estimate of drug-likeness (QED) is 0.600. The Morgan fingerprint density at radius 3 is 2.43 bits per heavy atom. The third kappa shape index (κ3) is 3.85. The first kappa shape index (κ1) is 20.2. The zero-order valence-electron chi connectivity index (χ0n) is 15.5. The Balaban J connectivity index is 1.86. The maximum atomic E-state index is 13.0. The molecule has 0 aliphatic carbocycles. The van der Waals surface area contributed by atoms with Crippen molar-refractivity contribution in [3.05, 3.63) is 58.8 Å². The van der Waals surface area contributed by atoms with E-state index in [0.717, 1.165) is 4.47 Å². The first-order valence-electron chi connectivity index (χ1n) is 8.42. The molecule has 3 aromatic rings. The number of carbonyl (C=O) groups is 1. The largest absolute Gasteiger partial charge is 0.325 e. The average Bonchev–Trinajstić information content (AvgIpc) is 3.08. The van der Waals surface area contributed by atoms with E-state index in [1.54, 1.807) is 37.3 Å². The summed E-state index contributed by atoms with van der Waals surface area (Å²) in [5.41, 5.74) is 1.17. The van der Waals surface area contributed by atoms with Crippen molar-refractivity contribution in [2.45, 2.75) is 30.4 Å². The van der Waals surface area contributed by atoms with Crippen LogP contribution in [0, 0.1) is 6.92 Å². The fourth-order valence-electron chi connectivity index (χ4n) is 2.52. The minimum Gasteiger partial charge on any atom is -0.325 e. The van der Waals surface area contributed by atoms with Crippen LogP contribution in [0.2, 0.25) is 0 Å². The van der Waals surface area contributed by atoms with Crippen molar-refractivity contribution in [3.63, 3.8) is 0 Å². The fourth-order valence-corrected chi connectivity index (χ4v) is 4.16. The molecule has 0 fully saturated rings. The van der Waals surface area contributed by atoms with Gasteiger partial charge in [-0.2, -0.15) is 5.10 Å². The highest BCUT2D eigenvalue weighted by Gasteiger charge is 2.42. The van der Waals surface area contributed by atoms with Crippen LogP contribution in [-0.2, 0) is 14.6 Å². The zero-order valence-corrected chi connectivity index (χ0v) is 17.9. The van der Waals surface area contributed by atoms with E-state index < -0.39 is 20.5 Å². The van der Waals surface area contributed by atoms with Gasteiger partial charge in [-0.15, -0.1) is 0 Å². The number of carbonyl (C=O) groups excluding carboxylic acids is 1. The van der Waals surface area contributed by atoms with Gasteiger partial charge in [-0.25, -0.2) is 13.4 Å². The van der Waals surface area contributed by atoms with Crippen molar-refractivity contribution in [1.29, 1.82) is 0 Å². The van der Waals surface area contributed by atoms with Gasteiger partial charge >= 0.3 is 0 Å². The highest BCUT2D eigenvalue weighted by Crippen LogP contribution is 2.28. The highest BCUT2D eigenvalue weighted by molar-refractivity contribution is 9.10. The van der Waals surface area contributed by atoms with Crippen LogP contribution in [0.15, 0.2) is 57.9 Å². The van der Waals surface area contributed by atoms with Gasteiger partial charge in [-0.05, 0) is 57.2 Å². The minimum atomic E-state index is -3.90. The molecular formula is C19H19BrN4O3S. The van der Waals surface area contributed by atoms with Gasteiger partial charge in [0, 0.05) is 15.7 Å². The average molecular weight is 463 g/mol. The molecule has 1 aromatic heterocycles. The molecule has 0 aliphatic heterocycles. The molecule has 1 heterocycles. The molecule has 7 nitrogen and oxygen atoms in total. The van der Waals surface area contributed by atoms with E-state index in [4.69, 9.17) is 0 Å². The number of sulfone groups is 1. The minimum absolute atomic E-state index is 0.0841. The number of aromatic amines is 1. The second-order valence-corrected chi connectivity index (χ2v) is 10.2. The molecule has 146 valence electrons. The molecule has 0 spiro atoms. The van der Waals surface area contributed by atoms with Crippen LogP contribution in [0.3, 0.4) is 0 Å². The number of nitrogens with one attached hydrogen (secondary N) is 2. The summed E-state index contributed by atoms with van der Waals surface area (Å²) in [5, 5.41) is 9.55. The molecule has 2 N–H and O–H groups in total. The van der Waals surface area contributed by atoms with E-state index in [1.165, 1.54) is 26.0 Å². The lowest BCUT2D eigenvalue weighted by Crippen LogP contribution is -2.44. The normalized spacial score (nSPS) is 12.0. The van der Waals surface area contributed by atoms with Crippen LogP contribution in [0.25, 0.3) is 11.4 Å². The summed E-state index contributed by atoms with van der Waals surface area (Å²) < 4.78 is 25.1. The van der Waals surface area contributed by atoms with Gasteiger partial charge in [-0.3, -0.25) is 9.89 Å². The predicted molar refractivity (Wildman–Crippen MR) is 111 cm³/mol. The number of nitrogens with zero attached hydrogens (tertiary/aromatic N) is 2. The molecule has 0 bridgehead atoms. The highest BCUT2D eigenvalue weighted by atomic mass is 79.9. The maximum absolute atomic E-state index is 13.0. The summed E-state index contributed by atoms with van der Waals surface area (Å²) in [6, 6.07) is 13.1. The molecule has 0 aliphatic rings. The molecule has 0 saturated heterocycles. The van der Waals surface area contributed by atoms with Gasteiger partial charge < -0.3 is 5.32 Å². The van der Waals surface area contributed by atoms with E-state index in [9.17, 15) is 13.2 Å². The van der Waals surface area contributed by atoms with Crippen LogP contribution >= 0.6 is 15.9 Å². The van der Waals surface area contributed by atoms with Gasteiger partial charge in [0.15, 0.2) is 15.7 Å². The lowest BCUT2D eigenvalue weighted by Gasteiger charge is -2.24. The van der Waals surface area contributed by atoms with Crippen LogP contribution in [-0.4, -0.2) is 34.3 Å². The van der Waals surface area contributed by atoms with Crippen molar-refractivity contribution < 1.29 is 13.2 Å². The third-order valence-corrected chi connectivity index (χ3v) is 7.27.